The highest BCUT2D eigenvalue weighted by molar-refractivity contribution is 6.02. The van der Waals surface area contributed by atoms with E-state index < -0.39 is 5.41 Å². The SMILES string of the molecule is CCOCC1(C(=O)CC(C)C)c2ccccc2-c2ccccc21. The molecule has 23 heavy (non-hydrogen) atoms. The van der Waals surface area contributed by atoms with Crippen LogP contribution in [0.25, 0.3) is 11.1 Å². The molecule has 0 unspecified atom stereocenters. The topological polar surface area (TPSA) is 26.3 Å². The van der Waals surface area contributed by atoms with Gasteiger partial charge in [0.05, 0.1) is 6.61 Å². The van der Waals surface area contributed by atoms with Crippen molar-refractivity contribution < 1.29 is 9.53 Å². The Labute approximate surface area is 138 Å². The van der Waals surface area contributed by atoms with Crippen molar-refractivity contribution in [1.29, 1.82) is 0 Å². The minimum absolute atomic E-state index is 0.262. The number of fused-ring (bicyclic) bond motifs is 3. The molecule has 0 aromatic heterocycles. The number of rotatable bonds is 6. The fraction of sp³-hybridized carbons (Fsp3) is 0.381. The lowest BCUT2D eigenvalue weighted by atomic mass is 9.73. The molecule has 120 valence electrons. The zero-order chi connectivity index (χ0) is 16.4. The van der Waals surface area contributed by atoms with E-state index in [-0.39, 0.29) is 5.78 Å². The van der Waals surface area contributed by atoms with Crippen LogP contribution in [0.3, 0.4) is 0 Å². The Hall–Kier alpha value is -1.93. The summed E-state index contributed by atoms with van der Waals surface area (Å²) in [5.41, 5.74) is 3.87. The molecule has 0 amide bonds. The van der Waals surface area contributed by atoms with Gasteiger partial charge in [-0.3, -0.25) is 4.79 Å². The molecule has 0 fully saturated rings. The smallest absolute Gasteiger partial charge is 0.150 e. The molecule has 2 aromatic rings. The van der Waals surface area contributed by atoms with Gasteiger partial charge in [0.25, 0.3) is 0 Å². The molecule has 2 nitrogen and oxygen atoms in total. The summed E-state index contributed by atoms with van der Waals surface area (Å²) in [7, 11) is 0. The van der Waals surface area contributed by atoms with Gasteiger partial charge < -0.3 is 4.74 Å². The van der Waals surface area contributed by atoms with Crippen molar-refractivity contribution in [2.45, 2.75) is 32.6 Å². The molecule has 3 rings (SSSR count). The fourth-order valence-electron chi connectivity index (χ4n) is 3.66. The lowest BCUT2D eigenvalue weighted by molar-refractivity contribution is -0.125. The van der Waals surface area contributed by atoms with Gasteiger partial charge in [-0.25, -0.2) is 0 Å². The first-order valence-corrected chi connectivity index (χ1v) is 8.41. The van der Waals surface area contributed by atoms with Gasteiger partial charge in [0.15, 0.2) is 0 Å². The van der Waals surface area contributed by atoms with Crippen LogP contribution in [-0.2, 0) is 14.9 Å². The Morgan fingerprint density at radius 1 is 1.00 bits per heavy atom. The summed E-state index contributed by atoms with van der Waals surface area (Å²) in [6.07, 6.45) is 0.565. The van der Waals surface area contributed by atoms with Crippen LogP contribution in [0.4, 0.5) is 0 Å². The summed E-state index contributed by atoms with van der Waals surface area (Å²) in [6.45, 7) is 7.20. The van der Waals surface area contributed by atoms with Crippen molar-refractivity contribution >= 4 is 5.78 Å². The third-order valence-electron chi connectivity index (χ3n) is 4.66. The average molecular weight is 308 g/mol. The zero-order valence-corrected chi connectivity index (χ0v) is 14.1. The lowest BCUT2D eigenvalue weighted by Crippen LogP contribution is -2.40. The minimum Gasteiger partial charge on any atom is -0.380 e. The van der Waals surface area contributed by atoms with Crippen molar-refractivity contribution in [3.05, 3.63) is 59.7 Å². The molecule has 1 aliphatic rings. The summed E-state index contributed by atoms with van der Waals surface area (Å²) in [5, 5.41) is 0. The lowest BCUT2D eigenvalue weighted by Gasteiger charge is -2.31. The van der Waals surface area contributed by atoms with Crippen molar-refractivity contribution in [3.63, 3.8) is 0 Å². The first-order chi connectivity index (χ1) is 11.1. The van der Waals surface area contributed by atoms with Crippen LogP contribution in [0.2, 0.25) is 0 Å². The molecule has 0 heterocycles. The van der Waals surface area contributed by atoms with Gasteiger partial charge in [0, 0.05) is 13.0 Å². The summed E-state index contributed by atoms with van der Waals surface area (Å²) < 4.78 is 5.82. The van der Waals surface area contributed by atoms with Crippen molar-refractivity contribution in [3.8, 4) is 11.1 Å². The van der Waals surface area contributed by atoms with E-state index in [0.717, 1.165) is 11.1 Å². The normalized spacial score (nSPS) is 14.6. The molecule has 2 aromatic carbocycles. The highest BCUT2D eigenvalue weighted by Gasteiger charge is 2.48. The third kappa shape index (κ3) is 2.51. The second kappa shape index (κ2) is 6.29. The molecule has 0 saturated heterocycles. The Balaban J connectivity index is 2.23. The first kappa shape index (κ1) is 15.9. The standard InChI is InChI=1S/C21H24O2/c1-4-23-14-21(20(22)13-15(2)3)18-11-7-5-9-16(18)17-10-6-8-12-19(17)21/h5-12,15H,4,13-14H2,1-3H3. The fourth-order valence-corrected chi connectivity index (χ4v) is 3.66. The number of Topliss-reactive ketones (excluding diaryl/α,β-unsaturated/α-hetero) is 1. The van der Waals surface area contributed by atoms with Crippen molar-refractivity contribution in [2.24, 2.45) is 5.92 Å². The molecular weight excluding hydrogens is 284 g/mol. The van der Waals surface area contributed by atoms with Gasteiger partial charge in [0.1, 0.15) is 11.2 Å². The average Bonchev–Trinajstić information content (AvgIpc) is 2.84. The van der Waals surface area contributed by atoms with Crippen LogP contribution >= 0.6 is 0 Å². The maximum Gasteiger partial charge on any atom is 0.150 e. The Morgan fingerprint density at radius 3 is 2.00 bits per heavy atom. The van der Waals surface area contributed by atoms with Crippen LogP contribution in [0.5, 0.6) is 0 Å². The van der Waals surface area contributed by atoms with E-state index in [1.165, 1.54) is 11.1 Å². The van der Waals surface area contributed by atoms with E-state index in [1.54, 1.807) is 0 Å². The van der Waals surface area contributed by atoms with Gasteiger partial charge in [-0.15, -0.1) is 0 Å². The van der Waals surface area contributed by atoms with Crippen LogP contribution in [0, 0.1) is 5.92 Å². The number of hydrogen-bond donors (Lipinski definition) is 0. The predicted molar refractivity (Wildman–Crippen MR) is 93.6 cm³/mol. The van der Waals surface area contributed by atoms with E-state index in [0.29, 0.717) is 25.6 Å². The predicted octanol–water partition coefficient (Wildman–Crippen LogP) is 4.60. The zero-order valence-electron chi connectivity index (χ0n) is 14.1. The molecule has 0 saturated carbocycles. The number of hydrogen-bond acceptors (Lipinski definition) is 2. The minimum atomic E-state index is -0.659. The number of ether oxygens (including phenoxy) is 1. The van der Waals surface area contributed by atoms with Crippen LogP contribution in [0.15, 0.2) is 48.5 Å². The van der Waals surface area contributed by atoms with E-state index in [4.69, 9.17) is 4.74 Å². The number of carbonyl (C=O) groups excluding carboxylic acids is 1. The van der Waals surface area contributed by atoms with Gasteiger partial charge in [-0.05, 0) is 35.1 Å². The van der Waals surface area contributed by atoms with E-state index in [1.807, 2.05) is 31.2 Å². The summed E-state index contributed by atoms with van der Waals surface area (Å²) in [6, 6.07) is 16.5. The van der Waals surface area contributed by atoms with Gasteiger partial charge in [0.2, 0.25) is 0 Å². The van der Waals surface area contributed by atoms with E-state index >= 15 is 0 Å². The van der Waals surface area contributed by atoms with Gasteiger partial charge in [-0.1, -0.05) is 62.4 Å². The Kier molecular flexibility index (Phi) is 4.36. The second-order valence-corrected chi connectivity index (χ2v) is 6.65. The molecule has 1 aliphatic carbocycles. The van der Waals surface area contributed by atoms with Crippen LogP contribution in [0.1, 0.15) is 38.3 Å². The molecular formula is C21H24O2. The highest BCUT2D eigenvalue weighted by atomic mass is 16.5. The highest BCUT2D eigenvalue weighted by Crippen LogP contribution is 2.50. The molecule has 0 spiro atoms. The molecule has 0 atom stereocenters. The summed E-state index contributed by atoms with van der Waals surface area (Å²) in [5.74, 6) is 0.597. The summed E-state index contributed by atoms with van der Waals surface area (Å²) >= 11 is 0. The largest absolute Gasteiger partial charge is 0.380 e. The quantitative estimate of drug-likeness (QED) is 0.779. The molecule has 2 heteroatoms. The maximum absolute atomic E-state index is 13.3. The molecule has 0 N–H and O–H groups in total. The number of benzene rings is 2. The van der Waals surface area contributed by atoms with Gasteiger partial charge >= 0.3 is 0 Å². The van der Waals surface area contributed by atoms with Crippen LogP contribution in [-0.4, -0.2) is 19.0 Å². The van der Waals surface area contributed by atoms with Crippen molar-refractivity contribution in [2.75, 3.05) is 13.2 Å². The Morgan fingerprint density at radius 2 is 1.52 bits per heavy atom. The maximum atomic E-state index is 13.3. The Bertz CT molecular complexity index is 670. The van der Waals surface area contributed by atoms with E-state index in [9.17, 15) is 4.79 Å². The molecule has 0 aliphatic heterocycles. The van der Waals surface area contributed by atoms with Crippen LogP contribution < -0.4 is 0 Å². The van der Waals surface area contributed by atoms with E-state index in [2.05, 4.69) is 38.1 Å². The molecule has 0 radical (unpaired) electrons. The van der Waals surface area contributed by atoms with Crippen molar-refractivity contribution in [1.82, 2.24) is 0 Å². The monoisotopic (exact) mass is 308 g/mol. The number of ketones is 1. The molecule has 0 bridgehead atoms. The third-order valence-corrected chi connectivity index (χ3v) is 4.66. The number of carbonyl (C=O) groups is 1. The second-order valence-electron chi connectivity index (χ2n) is 6.65. The first-order valence-electron chi connectivity index (χ1n) is 8.41. The van der Waals surface area contributed by atoms with Gasteiger partial charge in [-0.2, -0.15) is 0 Å². The summed E-state index contributed by atoms with van der Waals surface area (Å²) in [4.78, 5) is 13.3.